The van der Waals surface area contributed by atoms with E-state index in [4.69, 9.17) is 9.84 Å². The van der Waals surface area contributed by atoms with Gasteiger partial charge in [0.1, 0.15) is 11.8 Å². The summed E-state index contributed by atoms with van der Waals surface area (Å²) in [7, 11) is 1.64. The monoisotopic (exact) mass is 235 g/mol. The van der Waals surface area contributed by atoms with E-state index in [0.29, 0.717) is 0 Å². The molecule has 1 aromatic carbocycles. The van der Waals surface area contributed by atoms with Crippen LogP contribution in [0.1, 0.15) is 23.5 Å². The van der Waals surface area contributed by atoms with Gasteiger partial charge in [0.2, 0.25) is 0 Å². The Morgan fingerprint density at radius 1 is 1.53 bits per heavy atom. The first-order valence-electron chi connectivity index (χ1n) is 5.74. The van der Waals surface area contributed by atoms with Crippen LogP contribution >= 0.6 is 0 Å². The second kappa shape index (κ2) is 4.75. The summed E-state index contributed by atoms with van der Waals surface area (Å²) < 4.78 is 5.20. The smallest absolute Gasteiger partial charge is 0.321 e. The highest BCUT2D eigenvalue weighted by Gasteiger charge is 2.33. The molecule has 0 radical (unpaired) electrons. The number of aliphatic carboxylic acids is 1. The number of benzene rings is 1. The van der Waals surface area contributed by atoms with Gasteiger partial charge in [-0.25, -0.2) is 0 Å². The standard InChI is InChI=1S/C13H17NO3/c1-8-7-9(3-4-11(8)17-2)10-5-6-14-12(10)13(15)16/h3-4,7,10,12,14H,5-6H2,1-2H3,(H,15,16). The van der Waals surface area contributed by atoms with Gasteiger partial charge in [-0.1, -0.05) is 12.1 Å². The molecule has 0 aromatic heterocycles. The van der Waals surface area contributed by atoms with Gasteiger partial charge in [-0.2, -0.15) is 0 Å². The maximum atomic E-state index is 11.1. The first-order chi connectivity index (χ1) is 8.13. The molecule has 0 spiro atoms. The summed E-state index contributed by atoms with van der Waals surface area (Å²) >= 11 is 0. The first-order valence-corrected chi connectivity index (χ1v) is 5.74. The van der Waals surface area contributed by atoms with Crippen LogP contribution in [0.3, 0.4) is 0 Å². The van der Waals surface area contributed by atoms with Gasteiger partial charge in [-0.3, -0.25) is 4.79 Å². The number of aryl methyl sites for hydroxylation is 1. The Morgan fingerprint density at radius 3 is 2.88 bits per heavy atom. The number of carbonyl (C=O) groups is 1. The van der Waals surface area contributed by atoms with Crippen LogP contribution in [0.25, 0.3) is 0 Å². The zero-order chi connectivity index (χ0) is 12.4. The molecule has 17 heavy (non-hydrogen) atoms. The second-order valence-corrected chi connectivity index (χ2v) is 4.39. The minimum absolute atomic E-state index is 0.0529. The lowest BCUT2D eigenvalue weighted by Crippen LogP contribution is -2.34. The minimum atomic E-state index is -0.777. The zero-order valence-electron chi connectivity index (χ0n) is 10.1. The van der Waals surface area contributed by atoms with E-state index in [1.165, 1.54) is 0 Å². The highest BCUT2D eigenvalue weighted by atomic mass is 16.5. The summed E-state index contributed by atoms with van der Waals surface area (Å²) in [5.74, 6) is 0.115. The van der Waals surface area contributed by atoms with E-state index >= 15 is 0 Å². The number of ether oxygens (including phenoxy) is 1. The third-order valence-corrected chi connectivity index (χ3v) is 3.34. The number of nitrogens with one attached hydrogen (secondary N) is 1. The van der Waals surface area contributed by atoms with E-state index < -0.39 is 12.0 Å². The molecule has 1 saturated heterocycles. The van der Waals surface area contributed by atoms with Crippen molar-refractivity contribution in [3.8, 4) is 5.75 Å². The summed E-state index contributed by atoms with van der Waals surface area (Å²) in [6, 6.07) is 5.41. The average Bonchev–Trinajstić information content (AvgIpc) is 2.77. The van der Waals surface area contributed by atoms with Crippen molar-refractivity contribution >= 4 is 5.97 Å². The Balaban J connectivity index is 2.27. The van der Waals surface area contributed by atoms with E-state index in [-0.39, 0.29) is 5.92 Å². The van der Waals surface area contributed by atoms with E-state index in [9.17, 15) is 4.79 Å². The van der Waals surface area contributed by atoms with Gasteiger partial charge < -0.3 is 15.2 Å². The lowest BCUT2D eigenvalue weighted by atomic mass is 9.91. The van der Waals surface area contributed by atoms with Gasteiger partial charge in [-0.05, 0) is 37.1 Å². The normalized spacial score (nSPS) is 23.6. The number of methoxy groups -OCH3 is 1. The average molecular weight is 235 g/mol. The maximum absolute atomic E-state index is 11.1. The van der Waals surface area contributed by atoms with Crippen LogP contribution in [0.15, 0.2) is 18.2 Å². The number of carboxylic acid groups (broad SMARTS) is 1. The molecule has 0 saturated carbocycles. The molecule has 2 rings (SSSR count). The van der Waals surface area contributed by atoms with Crippen LogP contribution in [0.4, 0.5) is 0 Å². The third-order valence-electron chi connectivity index (χ3n) is 3.34. The summed E-state index contributed by atoms with van der Waals surface area (Å²) in [5, 5.41) is 12.1. The van der Waals surface area contributed by atoms with Crippen molar-refractivity contribution in [2.75, 3.05) is 13.7 Å². The number of rotatable bonds is 3. The summed E-state index contributed by atoms with van der Waals surface area (Å²) in [6.07, 6.45) is 0.864. The lowest BCUT2D eigenvalue weighted by molar-refractivity contribution is -0.139. The van der Waals surface area contributed by atoms with Crippen LogP contribution in [-0.2, 0) is 4.79 Å². The summed E-state index contributed by atoms with van der Waals surface area (Å²) in [4.78, 5) is 11.1. The second-order valence-electron chi connectivity index (χ2n) is 4.39. The number of hydrogen-bond acceptors (Lipinski definition) is 3. The Labute approximate surface area is 101 Å². The van der Waals surface area contributed by atoms with Gasteiger partial charge in [0, 0.05) is 5.92 Å². The molecular formula is C13H17NO3. The van der Waals surface area contributed by atoms with Crippen molar-refractivity contribution < 1.29 is 14.6 Å². The number of hydrogen-bond donors (Lipinski definition) is 2. The molecule has 2 atom stereocenters. The van der Waals surface area contributed by atoms with E-state index in [2.05, 4.69) is 5.32 Å². The fourth-order valence-electron chi connectivity index (χ4n) is 2.45. The minimum Gasteiger partial charge on any atom is -0.496 e. The Morgan fingerprint density at radius 2 is 2.29 bits per heavy atom. The largest absolute Gasteiger partial charge is 0.496 e. The molecule has 4 heteroatoms. The van der Waals surface area contributed by atoms with Crippen LogP contribution in [0.2, 0.25) is 0 Å². The Hall–Kier alpha value is -1.55. The topological polar surface area (TPSA) is 58.6 Å². The molecular weight excluding hydrogens is 218 g/mol. The summed E-state index contributed by atoms with van der Waals surface area (Å²) in [6.45, 7) is 2.73. The maximum Gasteiger partial charge on any atom is 0.321 e. The van der Waals surface area contributed by atoms with Gasteiger partial charge >= 0.3 is 5.97 Å². The molecule has 0 amide bonds. The highest BCUT2D eigenvalue weighted by Crippen LogP contribution is 2.30. The molecule has 1 aliphatic rings. The SMILES string of the molecule is COc1ccc(C2CCNC2C(=O)O)cc1C. The molecule has 1 heterocycles. The van der Waals surface area contributed by atoms with Gasteiger partial charge in [-0.15, -0.1) is 0 Å². The fourth-order valence-corrected chi connectivity index (χ4v) is 2.45. The Kier molecular flexibility index (Phi) is 3.33. The van der Waals surface area contributed by atoms with Gasteiger partial charge in [0.25, 0.3) is 0 Å². The van der Waals surface area contributed by atoms with Crippen molar-refractivity contribution in [3.63, 3.8) is 0 Å². The zero-order valence-corrected chi connectivity index (χ0v) is 10.1. The van der Waals surface area contributed by atoms with Crippen molar-refractivity contribution in [1.82, 2.24) is 5.32 Å². The molecule has 1 fully saturated rings. The van der Waals surface area contributed by atoms with Crippen molar-refractivity contribution in [1.29, 1.82) is 0 Å². The number of carboxylic acids is 1. The van der Waals surface area contributed by atoms with E-state index in [1.54, 1.807) is 7.11 Å². The van der Waals surface area contributed by atoms with Crippen molar-refractivity contribution in [2.24, 2.45) is 0 Å². The first kappa shape index (κ1) is 11.9. The molecule has 1 aromatic rings. The molecule has 2 unspecified atom stereocenters. The van der Waals surface area contributed by atoms with Gasteiger partial charge in [0.05, 0.1) is 7.11 Å². The molecule has 4 nitrogen and oxygen atoms in total. The predicted molar refractivity (Wildman–Crippen MR) is 64.5 cm³/mol. The molecule has 0 bridgehead atoms. The molecule has 1 aliphatic heterocycles. The lowest BCUT2D eigenvalue weighted by Gasteiger charge is -2.17. The fraction of sp³-hybridized carbons (Fsp3) is 0.462. The van der Waals surface area contributed by atoms with Crippen molar-refractivity contribution in [2.45, 2.75) is 25.3 Å². The molecule has 92 valence electrons. The summed E-state index contributed by atoms with van der Waals surface area (Å²) in [5.41, 5.74) is 2.11. The predicted octanol–water partition coefficient (Wildman–Crippen LogP) is 1.53. The van der Waals surface area contributed by atoms with E-state index in [0.717, 1.165) is 29.8 Å². The van der Waals surface area contributed by atoms with Crippen LogP contribution in [-0.4, -0.2) is 30.8 Å². The van der Waals surface area contributed by atoms with Gasteiger partial charge in [0.15, 0.2) is 0 Å². The molecule has 0 aliphatic carbocycles. The third kappa shape index (κ3) is 2.26. The highest BCUT2D eigenvalue weighted by molar-refractivity contribution is 5.75. The van der Waals surface area contributed by atoms with Crippen LogP contribution in [0.5, 0.6) is 5.75 Å². The Bertz CT molecular complexity index is 431. The quantitative estimate of drug-likeness (QED) is 0.834. The van der Waals surface area contributed by atoms with E-state index in [1.807, 2.05) is 25.1 Å². The van der Waals surface area contributed by atoms with Crippen molar-refractivity contribution in [3.05, 3.63) is 29.3 Å². The molecule has 2 N–H and O–H groups in total. The van der Waals surface area contributed by atoms with Crippen LogP contribution < -0.4 is 10.1 Å². The van der Waals surface area contributed by atoms with Crippen LogP contribution in [0, 0.1) is 6.92 Å².